The Balaban J connectivity index is 1.21. The number of hydrogen-bond donors (Lipinski definition) is 2. The van der Waals surface area contributed by atoms with Gasteiger partial charge in [0, 0.05) is 57.0 Å². The number of hydrogen-bond acceptors (Lipinski definition) is 10. The van der Waals surface area contributed by atoms with Crippen LogP contribution in [0, 0.1) is 5.41 Å². The van der Waals surface area contributed by atoms with Gasteiger partial charge in [-0.1, -0.05) is 19.1 Å². The maximum Gasteiger partial charge on any atom is 0.184 e. The Morgan fingerprint density at radius 3 is 2.52 bits per heavy atom. The number of rotatable bonds is 10. The molecule has 3 aromatic heterocycles. The molecule has 2 aliphatic heterocycles. The number of Topliss-reactive ketones (excluding diaryl/α,β-unsaturated/α-hetero) is 1. The highest BCUT2D eigenvalue weighted by atomic mass is 16.5. The Morgan fingerprint density at radius 1 is 1.05 bits per heavy atom. The monoisotopic (exact) mass is 540 g/mol. The van der Waals surface area contributed by atoms with Gasteiger partial charge in [-0.2, -0.15) is 5.10 Å². The number of aryl methyl sites for hydroxylation is 1. The molecular weight excluding hydrogens is 508 g/mol. The van der Waals surface area contributed by atoms with Crippen LogP contribution in [0.5, 0.6) is 5.75 Å². The molecule has 6 rings (SSSR count). The van der Waals surface area contributed by atoms with Gasteiger partial charge in [-0.3, -0.25) is 14.4 Å². The summed E-state index contributed by atoms with van der Waals surface area (Å²) in [7, 11) is 3.41. The molecule has 2 fully saturated rings. The lowest BCUT2D eigenvalue weighted by Crippen LogP contribution is -2.65. The molecule has 2 aliphatic rings. The summed E-state index contributed by atoms with van der Waals surface area (Å²) in [5.74, 6) is 2.33. The third-order valence-corrected chi connectivity index (χ3v) is 7.28. The Hall–Kier alpha value is -4.35. The van der Waals surface area contributed by atoms with Crippen molar-refractivity contribution in [1.29, 1.82) is 0 Å². The number of carbonyl (C=O) groups excluding carboxylic acids is 1. The molecule has 206 valence electrons. The lowest BCUT2D eigenvalue weighted by atomic mass is 9.78. The van der Waals surface area contributed by atoms with Crippen molar-refractivity contribution in [2.24, 2.45) is 12.5 Å². The van der Waals surface area contributed by atoms with Crippen LogP contribution in [-0.2, 0) is 18.3 Å². The lowest BCUT2D eigenvalue weighted by molar-refractivity contribution is -0.191. The molecule has 11 heteroatoms. The van der Waals surface area contributed by atoms with Gasteiger partial charge in [0.1, 0.15) is 18.0 Å². The molecule has 4 aromatic rings. The van der Waals surface area contributed by atoms with Crippen molar-refractivity contribution in [3.63, 3.8) is 0 Å². The zero-order chi connectivity index (χ0) is 27.7. The number of aromatic nitrogens is 5. The van der Waals surface area contributed by atoms with Crippen molar-refractivity contribution in [3.8, 4) is 17.1 Å². The van der Waals surface area contributed by atoms with Crippen molar-refractivity contribution >= 4 is 28.8 Å². The third kappa shape index (κ3) is 5.13. The zero-order valence-corrected chi connectivity index (χ0v) is 22.8. The second-order valence-corrected chi connectivity index (χ2v) is 10.5. The number of carbonyl (C=O) groups is 1. The topological polar surface area (TPSA) is 119 Å². The SMILES string of the molecule is CCC(=O)c1cnc(Nc2ccc(CN3CC4(COC4)C3)cn2)cc1Nc1cccc(-c2ncn(C)n2)c1OC. The summed E-state index contributed by atoms with van der Waals surface area (Å²) in [6.07, 6.45) is 5.47. The van der Waals surface area contributed by atoms with E-state index in [9.17, 15) is 4.79 Å². The summed E-state index contributed by atoms with van der Waals surface area (Å²) >= 11 is 0. The van der Waals surface area contributed by atoms with Crippen molar-refractivity contribution in [3.05, 3.63) is 66.2 Å². The van der Waals surface area contributed by atoms with Crippen LogP contribution in [-0.4, -0.2) is 68.8 Å². The average Bonchev–Trinajstić information content (AvgIpc) is 3.36. The highest BCUT2D eigenvalue weighted by molar-refractivity contribution is 6.02. The predicted molar refractivity (Wildman–Crippen MR) is 151 cm³/mol. The summed E-state index contributed by atoms with van der Waals surface area (Å²) < 4.78 is 12.8. The van der Waals surface area contributed by atoms with Crippen molar-refractivity contribution < 1.29 is 14.3 Å². The number of benzene rings is 1. The van der Waals surface area contributed by atoms with Gasteiger partial charge < -0.3 is 20.1 Å². The Kier molecular flexibility index (Phi) is 6.91. The standard InChI is InChI=1S/C29H32N8O3/c1-4-24(38)21-12-31-26(34-25-9-8-19(11-30-25)13-37-14-29(15-37)16-40-17-29)10-23(21)33-22-7-5-6-20(27(22)39-3)28-32-18-36(2)35-28/h5-12,18H,4,13-17H2,1-3H3,(H2,30,31,33,34). The molecule has 2 N–H and O–H groups in total. The van der Waals surface area contributed by atoms with Gasteiger partial charge in [-0.25, -0.2) is 15.0 Å². The quantitative estimate of drug-likeness (QED) is 0.283. The van der Waals surface area contributed by atoms with E-state index >= 15 is 0 Å². The second kappa shape index (κ2) is 10.7. The third-order valence-electron chi connectivity index (χ3n) is 7.28. The summed E-state index contributed by atoms with van der Waals surface area (Å²) in [6, 6.07) is 11.5. The van der Waals surface area contributed by atoms with E-state index in [1.54, 1.807) is 24.3 Å². The number of anilines is 4. The molecule has 0 unspecified atom stereocenters. The Labute approximate surface area is 232 Å². The minimum absolute atomic E-state index is 0.0215. The van der Waals surface area contributed by atoms with Crippen LogP contribution in [0.25, 0.3) is 11.4 Å². The van der Waals surface area contributed by atoms with E-state index in [0.717, 1.165) is 44.0 Å². The predicted octanol–water partition coefficient (Wildman–Crippen LogP) is 4.19. The minimum Gasteiger partial charge on any atom is -0.494 e. The first-order chi connectivity index (χ1) is 19.4. The molecule has 1 aromatic carbocycles. The fourth-order valence-electron chi connectivity index (χ4n) is 5.25. The number of pyridine rings is 2. The van der Waals surface area contributed by atoms with E-state index in [1.165, 1.54) is 0 Å². The van der Waals surface area contributed by atoms with E-state index in [1.807, 2.05) is 50.5 Å². The number of nitrogens with zero attached hydrogens (tertiary/aromatic N) is 6. The van der Waals surface area contributed by atoms with Gasteiger partial charge in [-0.15, -0.1) is 0 Å². The highest BCUT2D eigenvalue weighted by Crippen LogP contribution is 2.39. The molecule has 0 radical (unpaired) electrons. The van der Waals surface area contributed by atoms with Crippen molar-refractivity contribution in [2.45, 2.75) is 19.9 Å². The molecule has 0 atom stereocenters. The molecule has 0 amide bonds. The van der Waals surface area contributed by atoms with Gasteiger partial charge in [-0.05, 0) is 23.8 Å². The van der Waals surface area contributed by atoms with Crippen LogP contribution < -0.4 is 15.4 Å². The van der Waals surface area contributed by atoms with E-state index in [4.69, 9.17) is 9.47 Å². The summed E-state index contributed by atoms with van der Waals surface area (Å²) in [4.78, 5) is 28.6. The molecule has 0 aliphatic carbocycles. The summed E-state index contributed by atoms with van der Waals surface area (Å²) in [6.45, 7) is 6.65. The first kappa shape index (κ1) is 25.9. The van der Waals surface area contributed by atoms with E-state index in [0.29, 0.717) is 52.0 Å². The van der Waals surface area contributed by atoms with Gasteiger partial charge in [0.15, 0.2) is 17.4 Å². The first-order valence-electron chi connectivity index (χ1n) is 13.3. The molecule has 5 heterocycles. The normalized spacial score (nSPS) is 15.8. The Bertz CT molecular complexity index is 1520. The van der Waals surface area contributed by atoms with Crippen LogP contribution in [0.1, 0.15) is 29.3 Å². The number of nitrogens with one attached hydrogen (secondary N) is 2. The Morgan fingerprint density at radius 2 is 1.88 bits per heavy atom. The summed E-state index contributed by atoms with van der Waals surface area (Å²) in [5, 5.41) is 11.1. The van der Waals surface area contributed by atoms with Crippen LogP contribution >= 0.6 is 0 Å². The average molecular weight is 541 g/mol. The lowest BCUT2D eigenvalue weighted by Gasteiger charge is -2.55. The van der Waals surface area contributed by atoms with Gasteiger partial charge in [0.25, 0.3) is 0 Å². The number of ether oxygens (including phenoxy) is 2. The number of likely N-dealkylation sites (tertiary alicyclic amines) is 1. The molecule has 0 bridgehead atoms. The maximum atomic E-state index is 12.8. The largest absolute Gasteiger partial charge is 0.494 e. The molecule has 0 saturated carbocycles. The van der Waals surface area contributed by atoms with Crippen LogP contribution in [0.3, 0.4) is 0 Å². The smallest absolute Gasteiger partial charge is 0.184 e. The fraction of sp³-hybridized carbons (Fsp3) is 0.345. The molecule has 11 nitrogen and oxygen atoms in total. The van der Waals surface area contributed by atoms with E-state index in [2.05, 4.69) is 41.7 Å². The first-order valence-corrected chi connectivity index (χ1v) is 13.3. The van der Waals surface area contributed by atoms with Crippen molar-refractivity contribution in [1.82, 2.24) is 29.6 Å². The van der Waals surface area contributed by atoms with E-state index < -0.39 is 0 Å². The number of ketones is 1. The zero-order valence-electron chi connectivity index (χ0n) is 22.8. The molecule has 40 heavy (non-hydrogen) atoms. The second-order valence-electron chi connectivity index (χ2n) is 10.5. The maximum absolute atomic E-state index is 12.8. The molecular formula is C29H32N8O3. The van der Waals surface area contributed by atoms with Crippen LogP contribution in [0.4, 0.5) is 23.0 Å². The van der Waals surface area contributed by atoms with Gasteiger partial charge >= 0.3 is 0 Å². The summed E-state index contributed by atoms with van der Waals surface area (Å²) in [5.41, 5.74) is 4.08. The van der Waals surface area contributed by atoms with Crippen molar-refractivity contribution in [2.75, 3.05) is 44.0 Å². The molecule has 1 spiro atoms. The molecule has 2 saturated heterocycles. The van der Waals surface area contributed by atoms with Crippen LogP contribution in [0.15, 0.2) is 55.1 Å². The number of methoxy groups -OCH3 is 1. The van der Waals surface area contributed by atoms with E-state index in [-0.39, 0.29) is 5.78 Å². The minimum atomic E-state index is -0.0215. The fourth-order valence-corrected chi connectivity index (χ4v) is 5.25. The highest BCUT2D eigenvalue weighted by Gasteiger charge is 2.48. The number of para-hydroxylation sites is 1. The van der Waals surface area contributed by atoms with Crippen LogP contribution in [0.2, 0.25) is 0 Å². The van der Waals surface area contributed by atoms with Gasteiger partial charge in [0.05, 0.1) is 42.8 Å². The van der Waals surface area contributed by atoms with Gasteiger partial charge in [0.2, 0.25) is 0 Å².